The molecule has 45 heavy (non-hydrogen) atoms. The number of aliphatic hydroxyl groups is 3. The van der Waals surface area contributed by atoms with Gasteiger partial charge in [0.1, 0.15) is 0 Å². The third-order valence-corrected chi connectivity index (χ3v) is 13.4. The minimum absolute atomic E-state index is 0. The van der Waals surface area contributed by atoms with E-state index in [1.807, 2.05) is 0 Å². The van der Waals surface area contributed by atoms with Crippen molar-refractivity contribution in [2.24, 2.45) is 46.3 Å². The Balaban J connectivity index is 0.000000378. The summed E-state index contributed by atoms with van der Waals surface area (Å²) in [4.78, 5) is 11.0. The number of rotatable bonds is 16. The summed E-state index contributed by atoms with van der Waals surface area (Å²) in [5.74, 6) is 0.635. The van der Waals surface area contributed by atoms with E-state index in [4.69, 9.17) is 0 Å². The van der Waals surface area contributed by atoms with Crippen molar-refractivity contribution < 1.29 is 36.4 Å². The Morgan fingerprint density at radius 2 is 1.42 bits per heavy atom. The Bertz CT molecular complexity index is 829. The van der Waals surface area contributed by atoms with Gasteiger partial charge in [-0.05, 0) is 117 Å². The quantitative estimate of drug-likeness (QED) is 0.170. The maximum atomic E-state index is 11.5. The van der Waals surface area contributed by atoms with Crippen LogP contribution in [0.25, 0.3) is 0 Å². The average Bonchev–Trinajstić information content (AvgIpc) is 3.35. The van der Waals surface area contributed by atoms with Crippen molar-refractivity contribution in [1.82, 2.24) is 0 Å². The smallest absolute Gasteiger partial charge is 0.0739 e. The fraction of sp³-hybridized carbons (Fsp3) is 0.974. The molecule has 0 aliphatic heterocycles. The second-order valence-electron chi connectivity index (χ2n) is 16.2. The summed E-state index contributed by atoms with van der Waals surface area (Å²) in [7, 11) is 0. The molecule has 7 nitrogen and oxygen atoms in total. The van der Waals surface area contributed by atoms with Crippen LogP contribution >= 0.6 is 0 Å². The van der Waals surface area contributed by atoms with Gasteiger partial charge in [-0.25, -0.2) is 0 Å². The van der Waals surface area contributed by atoms with Gasteiger partial charge in [-0.3, -0.25) is 0 Å². The van der Waals surface area contributed by atoms with E-state index in [-0.39, 0.29) is 58.6 Å². The summed E-state index contributed by atoms with van der Waals surface area (Å²) >= 11 is 0. The minimum Gasteiger partial charge on any atom is -0.550 e. The Labute approximate surface area is 275 Å². The SMILES string of the molecule is CCCCCCCCCCCCCC[NH3+].C[C@H](CCC(=O)[O-])[C@H]1CC[C@H]2[C@@H]3[C@H](O)C[C@@H]4C[C@H](O)CC[C@]4(C)[C@H]3C[C@H](O)[C@]12C.O. The van der Waals surface area contributed by atoms with Crippen molar-refractivity contribution in [3.63, 3.8) is 0 Å². The highest BCUT2D eigenvalue weighted by molar-refractivity contribution is 5.64. The molecule has 0 aromatic carbocycles. The molecule has 0 aromatic heterocycles. The van der Waals surface area contributed by atoms with Crippen molar-refractivity contribution in [2.75, 3.05) is 6.54 Å². The largest absolute Gasteiger partial charge is 0.550 e. The summed E-state index contributed by atoms with van der Waals surface area (Å²) in [6.07, 6.45) is 22.9. The zero-order valence-corrected chi connectivity index (χ0v) is 29.6. The van der Waals surface area contributed by atoms with Gasteiger partial charge in [-0.2, -0.15) is 0 Å². The van der Waals surface area contributed by atoms with E-state index < -0.39 is 12.1 Å². The summed E-state index contributed by atoms with van der Waals surface area (Å²) < 4.78 is 0. The number of quaternary nitrogens is 1. The monoisotopic (exact) mass is 640 g/mol. The molecular weight excluding hydrogens is 566 g/mol. The van der Waals surface area contributed by atoms with Gasteiger partial charge in [-0.1, -0.05) is 91.9 Å². The van der Waals surface area contributed by atoms with Crippen LogP contribution in [0.3, 0.4) is 0 Å². The highest BCUT2D eigenvalue weighted by atomic mass is 16.4. The zero-order valence-electron chi connectivity index (χ0n) is 29.6. The van der Waals surface area contributed by atoms with Gasteiger partial charge >= 0.3 is 0 Å². The number of hydrogen-bond acceptors (Lipinski definition) is 5. The molecule has 4 rings (SSSR count). The number of carboxylic acids is 1. The van der Waals surface area contributed by atoms with Crippen LogP contribution in [0.1, 0.15) is 163 Å². The topological polar surface area (TPSA) is 160 Å². The van der Waals surface area contributed by atoms with Crippen molar-refractivity contribution in [1.29, 1.82) is 0 Å². The van der Waals surface area contributed by atoms with Crippen molar-refractivity contribution in [3.8, 4) is 0 Å². The number of carbonyl (C=O) groups excluding carboxylic acids is 1. The first-order valence-corrected chi connectivity index (χ1v) is 19.0. The number of aliphatic hydroxyl groups excluding tert-OH is 3. The lowest BCUT2D eigenvalue weighted by Crippen LogP contribution is -2.62. The van der Waals surface area contributed by atoms with E-state index in [0.717, 1.165) is 51.5 Å². The normalized spacial score (nSPS) is 37.7. The maximum Gasteiger partial charge on any atom is 0.0739 e. The number of hydrogen-bond donors (Lipinski definition) is 4. The van der Waals surface area contributed by atoms with Crippen molar-refractivity contribution >= 4 is 5.97 Å². The molecule has 0 radical (unpaired) electrons. The highest BCUT2D eigenvalue weighted by Gasteiger charge is 2.65. The van der Waals surface area contributed by atoms with Crippen LogP contribution in [-0.2, 0) is 4.79 Å². The molecule has 0 bridgehead atoms. The summed E-state index contributed by atoms with van der Waals surface area (Å²) in [6, 6.07) is 0. The van der Waals surface area contributed by atoms with Crippen molar-refractivity contribution in [2.45, 2.75) is 181 Å². The fourth-order valence-corrected chi connectivity index (χ4v) is 10.7. The van der Waals surface area contributed by atoms with E-state index in [9.17, 15) is 25.2 Å². The van der Waals surface area contributed by atoms with E-state index in [1.165, 1.54) is 77.0 Å². The molecule has 0 aromatic rings. The predicted octanol–water partition coefficient (Wildman–Crippen LogP) is 5.22. The number of unbranched alkanes of at least 4 members (excludes halogenated alkanes) is 11. The average molecular weight is 640 g/mol. The molecule has 0 saturated heterocycles. The third kappa shape index (κ3) is 10.1. The molecule has 8 N–H and O–H groups in total. The van der Waals surface area contributed by atoms with Gasteiger partial charge in [-0.15, -0.1) is 0 Å². The van der Waals surface area contributed by atoms with Crippen LogP contribution in [0, 0.1) is 46.3 Å². The van der Waals surface area contributed by atoms with Crippen LogP contribution in [-0.4, -0.2) is 51.6 Å². The van der Waals surface area contributed by atoms with Crippen molar-refractivity contribution in [3.05, 3.63) is 0 Å². The van der Waals surface area contributed by atoms with Gasteiger partial charge in [0.2, 0.25) is 0 Å². The number of carbonyl (C=O) groups is 1. The summed E-state index contributed by atoms with van der Waals surface area (Å²) in [5.41, 5.74) is 3.70. The van der Waals surface area contributed by atoms with Crippen LogP contribution in [0.5, 0.6) is 0 Å². The lowest BCUT2D eigenvalue weighted by molar-refractivity contribution is -0.368. The lowest BCUT2D eigenvalue weighted by Gasteiger charge is -2.63. The first kappa shape index (κ1) is 40.4. The summed E-state index contributed by atoms with van der Waals surface area (Å²) in [6.45, 7) is 10.1. The molecule has 4 aliphatic rings. The van der Waals surface area contributed by atoms with E-state index in [1.54, 1.807) is 0 Å². The second kappa shape index (κ2) is 19.3. The molecule has 4 saturated carbocycles. The van der Waals surface area contributed by atoms with Crippen LogP contribution in [0.4, 0.5) is 0 Å². The van der Waals surface area contributed by atoms with E-state index in [0.29, 0.717) is 18.3 Å². The number of fused-ring (bicyclic) bond motifs is 5. The van der Waals surface area contributed by atoms with Gasteiger partial charge in [0.25, 0.3) is 0 Å². The standard InChI is InChI=1S/C24H40O5.C14H31N.H2O/c1-13(4-7-21(28)29)16-5-6-17-22-18(12-20(27)24(16,17)3)23(2)9-8-15(25)10-14(23)11-19(22)26;1-2-3-4-5-6-7-8-9-10-11-12-13-14-15;/h13-20,22,25-27H,4-12H2,1-3H3,(H,28,29);2-15H2,1H3;1H2/t13-,14+,15-,16-,17+,18+,19-,20+,22+,23+,24-;;/m1../s1. The third-order valence-electron chi connectivity index (χ3n) is 13.4. The molecule has 11 atom stereocenters. The van der Waals surface area contributed by atoms with Gasteiger partial charge in [0, 0.05) is 5.97 Å². The molecule has 266 valence electrons. The minimum atomic E-state index is -0.998. The molecule has 4 fully saturated rings. The number of aliphatic carboxylic acids is 1. The maximum absolute atomic E-state index is 11.5. The zero-order chi connectivity index (χ0) is 32.3. The lowest BCUT2D eigenvalue weighted by atomic mass is 9.43. The van der Waals surface area contributed by atoms with Crippen LogP contribution in [0.2, 0.25) is 0 Å². The molecule has 7 heteroatoms. The summed E-state index contributed by atoms with van der Waals surface area (Å²) in [5, 5.41) is 43.9. The van der Waals surface area contributed by atoms with Crippen LogP contribution < -0.4 is 10.8 Å². The molecular formula is C38H73NO6. The molecule has 0 spiro atoms. The Hall–Kier alpha value is -0.730. The molecule has 0 unspecified atom stereocenters. The second-order valence-corrected chi connectivity index (χ2v) is 16.2. The highest BCUT2D eigenvalue weighted by Crippen LogP contribution is 2.68. The van der Waals surface area contributed by atoms with Gasteiger partial charge in [0.05, 0.1) is 24.9 Å². The first-order valence-electron chi connectivity index (χ1n) is 19.0. The van der Waals surface area contributed by atoms with Gasteiger partial charge in [0.15, 0.2) is 0 Å². The first-order chi connectivity index (χ1) is 21.0. The fourth-order valence-electron chi connectivity index (χ4n) is 10.7. The van der Waals surface area contributed by atoms with E-state index in [2.05, 4.69) is 33.4 Å². The van der Waals surface area contributed by atoms with Gasteiger partial charge < -0.3 is 36.4 Å². The number of carboxylic acid groups (broad SMARTS) is 1. The van der Waals surface area contributed by atoms with Crippen LogP contribution in [0.15, 0.2) is 0 Å². The Kier molecular flexibility index (Phi) is 17.4. The predicted molar refractivity (Wildman–Crippen MR) is 180 cm³/mol. The van der Waals surface area contributed by atoms with E-state index >= 15 is 0 Å². The molecule has 0 amide bonds. The Morgan fingerprint density at radius 3 is 1.98 bits per heavy atom. The molecule has 0 heterocycles. The molecule has 4 aliphatic carbocycles. The Morgan fingerprint density at radius 1 is 0.844 bits per heavy atom.